The second kappa shape index (κ2) is 9.17. The first-order valence-electron chi connectivity index (χ1n) is 10.4. The van der Waals surface area contributed by atoms with Gasteiger partial charge < -0.3 is 0 Å². The molecule has 2 atom stereocenters. The van der Waals surface area contributed by atoms with E-state index in [9.17, 15) is 0 Å². The molecule has 0 saturated carbocycles. The summed E-state index contributed by atoms with van der Waals surface area (Å²) in [4.78, 5) is 3.90. The van der Waals surface area contributed by atoms with Crippen molar-refractivity contribution in [3.05, 3.63) is 59.7 Å². The number of rotatable bonds is 8. The first kappa shape index (κ1) is 22.5. The van der Waals surface area contributed by atoms with Gasteiger partial charge in [-0.15, -0.1) is 0 Å². The minimum atomic E-state index is -1.29. The van der Waals surface area contributed by atoms with Crippen molar-refractivity contribution < 1.29 is 4.79 Å². The fraction of sp³-hybridized carbons (Fsp3) is 0.458. The molecule has 0 aliphatic rings. The SMILES string of the molecule is C=[N+]=NC(CC(CC)c1ccc([Si](C)(C)C)cc1)c1ccc([Si](C)(C)C)cc1. The van der Waals surface area contributed by atoms with Crippen molar-refractivity contribution in [2.24, 2.45) is 5.11 Å². The second-order valence-corrected chi connectivity index (χ2v) is 20.0. The predicted molar refractivity (Wildman–Crippen MR) is 129 cm³/mol. The van der Waals surface area contributed by atoms with Gasteiger partial charge in [-0.05, 0) is 29.9 Å². The van der Waals surface area contributed by atoms with Gasteiger partial charge in [0.2, 0.25) is 0 Å². The van der Waals surface area contributed by atoms with Crippen molar-refractivity contribution in [1.29, 1.82) is 0 Å². The molecule has 2 unspecified atom stereocenters. The lowest BCUT2D eigenvalue weighted by Gasteiger charge is -2.21. The van der Waals surface area contributed by atoms with Crippen LogP contribution < -0.4 is 10.4 Å². The van der Waals surface area contributed by atoms with E-state index in [1.807, 2.05) is 0 Å². The summed E-state index contributed by atoms with van der Waals surface area (Å²) in [6, 6.07) is 18.5. The fourth-order valence-electron chi connectivity index (χ4n) is 3.62. The maximum Gasteiger partial charge on any atom is 0.295 e. The van der Waals surface area contributed by atoms with Crippen molar-refractivity contribution in [3.8, 4) is 0 Å². The molecule has 0 amide bonds. The van der Waals surface area contributed by atoms with Crippen LogP contribution in [0, 0.1) is 0 Å². The lowest BCUT2D eigenvalue weighted by molar-refractivity contribution is -0.0894. The smallest absolute Gasteiger partial charge is 0.0656 e. The van der Waals surface area contributed by atoms with Crippen LogP contribution in [0.1, 0.15) is 42.9 Å². The van der Waals surface area contributed by atoms with E-state index >= 15 is 0 Å². The zero-order valence-corrected chi connectivity index (χ0v) is 20.8. The Morgan fingerprint density at radius 3 is 1.57 bits per heavy atom. The lowest BCUT2D eigenvalue weighted by Crippen LogP contribution is -2.37. The molecule has 0 aliphatic carbocycles. The summed E-state index contributed by atoms with van der Waals surface area (Å²) in [5.74, 6) is 0.475. The number of hydrogen-bond acceptors (Lipinski definition) is 1. The molecule has 2 aromatic rings. The first-order chi connectivity index (χ1) is 13.1. The number of hydrogen-bond donors (Lipinski definition) is 0. The Morgan fingerprint density at radius 2 is 1.21 bits per heavy atom. The third-order valence-electron chi connectivity index (χ3n) is 5.63. The maximum absolute atomic E-state index is 4.49. The highest BCUT2D eigenvalue weighted by molar-refractivity contribution is 6.89. The molecule has 150 valence electrons. The van der Waals surface area contributed by atoms with Gasteiger partial charge in [0, 0.05) is 4.79 Å². The maximum atomic E-state index is 4.49. The van der Waals surface area contributed by atoms with Crippen LogP contribution in [0.5, 0.6) is 0 Å². The van der Waals surface area contributed by atoms with Crippen LogP contribution in [-0.2, 0) is 0 Å². The van der Waals surface area contributed by atoms with Gasteiger partial charge in [-0.25, -0.2) is 0 Å². The zero-order valence-electron chi connectivity index (χ0n) is 18.8. The molecule has 0 saturated heterocycles. The third-order valence-corrected chi connectivity index (χ3v) is 9.76. The molecule has 2 aromatic carbocycles. The highest BCUT2D eigenvalue weighted by atomic mass is 28.3. The van der Waals surface area contributed by atoms with Gasteiger partial charge in [0.1, 0.15) is 0 Å². The standard InChI is InChI=1S/C24H37N2Si2/c1-9-19(20-10-14-22(15-11-20)27(3,4)5)18-24(26-25-2)21-12-16-23(17-13-21)28(6,7)8/h10-17,19,24H,2,9,18H2,1,3-8H3/q+1. The Hall–Kier alpha value is -1.75. The molecule has 0 aliphatic heterocycles. The summed E-state index contributed by atoms with van der Waals surface area (Å²) < 4.78 is 0. The van der Waals surface area contributed by atoms with E-state index in [2.05, 4.69) is 111 Å². The van der Waals surface area contributed by atoms with Crippen LogP contribution >= 0.6 is 0 Å². The molecule has 28 heavy (non-hydrogen) atoms. The Kier molecular flexibility index (Phi) is 7.38. The van der Waals surface area contributed by atoms with Gasteiger partial charge in [0.05, 0.1) is 21.3 Å². The Bertz CT molecular complexity index is 806. The molecule has 0 fully saturated rings. The Labute approximate surface area is 173 Å². The Morgan fingerprint density at radius 1 is 0.786 bits per heavy atom. The van der Waals surface area contributed by atoms with E-state index in [4.69, 9.17) is 0 Å². The van der Waals surface area contributed by atoms with Crippen LogP contribution in [-0.4, -0.2) is 27.7 Å². The highest BCUT2D eigenvalue weighted by Gasteiger charge is 2.24. The molecule has 0 bridgehead atoms. The first-order valence-corrected chi connectivity index (χ1v) is 17.4. The monoisotopic (exact) mass is 409 g/mol. The van der Waals surface area contributed by atoms with E-state index in [0.29, 0.717) is 5.92 Å². The van der Waals surface area contributed by atoms with E-state index in [1.54, 1.807) is 0 Å². The summed E-state index contributed by atoms with van der Waals surface area (Å²) in [6.45, 7) is 20.2. The summed E-state index contributed by atoms with van der Waals surface area (Å²) in [7, 11) is -2.54. The lowest BCUT2D eigenvalue weighted by atomic mass is 9.88. The van der Waals surface area contributed by atoms with Crippen LogP contribution in [0.15, 0.2) is 53.6 Å². The average Bonchev–Trinajstić information content (AvgIpc) is 2.64. The predicted octanol–water partition coefficient (Wildman–Crippen LogP) is 5.76. The summed E-state index contributed by atoms with van der Waals surface area (Å²) in [5.41, 5.74) is 2.65. The Balaban J connectivity index is 2.25. The van der Waals surface area contributed by atoms with Crippen molar-refractivity contribution in [2.45, 2.75) is 71.0 Å². The van der Waals surface area contributed by atoms with E-state index < -0.39 is 16.1 Å². The van der Waals surface area contributed by atoms with Crippen molar-refractivity contribution in [3.63, 3.8) is 0 Å². The van der Waals surface area contributed by atoms with Crippen LogP contribution in [0.3, 0.4) is 0 Å². The van der Waals surface area contributed by atoms with Gasteiger partial charge in [0.15, 0.2) is 6.04 Å². The minimum Gasteiger partial charge on any atom is -0.0656 e. The second-order valence-electron chi connectivity index (χ2n) is 9.86. The molecule has 2 nitrogen and oxygen atoms in total. The van der Waals surface area contributed by atoms with E-state index in [-0.39, 0.29) is 6.04 Å². The van der Waals surface area contributed by atoms with E-state index in [0.717, 1.165) is 12.8 Å². The molecule has 0 spiro atoms. The van der Waals surface area contributed by atoms with E-state index in [1.165, 1.54) is 21.5 Å². The van der Waals surface area contributed by atoms with Gasteiger partial charge in [-0.3, -0.25) is 0 Å². The minimum absolute atomic E-state index is 0.0646. The number of nitrogens with zero attached hydrogens (tertiary/aromatic N) is 2. The van der Waals surface area contributed by atoms with Gasteiger partial charge >= 0.3 is 0 Å². The zero-order chi connectivity index (χ0) is 20.9. The van der Waals surface area contributed by atoms with Crippen molar-refractivity contribution in [2.75, 3.05) is 0 Å². The molecular formula is C24H37N2Si2+. The normalized spacial score (nSPS) is 14.2. The largest absolute Gasteiger partial charge is 0.295 e. The topological polar surface area (TPSA) is 26.5 Å². The molecule has 0 aromatic heterocycles. The third kappa shape index (κ3) is 5.87. The van der Waals surface area contributed by atoms with Crippen LogP contribution in [0.25, 0.3) is 0 Å². The summed E-state index contributed by atoms with van der Waals surface area (Å²) in [6.07, 6.45) is 2.07. The quantitative estimate of drug-likeness (QED) is 0.229. The van der Waals surface area contributed by atoms with Crippen molar-refractivity contribution in [1.82, 2.24) is 0 Å². The molecule has 2 rings (SSSR count). The van der Waals surface area contributed by atoms with Gasteiger partial charge in [-0.2, -0.15) is 0 Å². The number of benzene rings is 2. The molecular weight excluding hydrogens is 372 g/mol. The highest BCUT2D eigenvalue weighted by Crippen LogP contribution is 2.32. The van der Waals surface area contributed by atoms with Crippen LogP contribution in [0.2, 0.25) is 39.3 Å². The van der Waals surface area contributed by atoms with Gasteiger partial charge in [0.25, 0.3) is 6.72 Å². The summed E-state index contributed by atoms with van der Waals surface area (Å²) in [5, 5.41) is 7.49. The summed E-state index contributed by atoms with van der Waals surface area (Å²) >= 11 is 0. The van der Waals surface area contributed by atoms with Crippen LogP contribution in [0.4, 0.5) is 0 Å². The molecule has 0 N–H and O–H groups in total. The van der Waals surface area contributed by atoms with Crippen molar-refractivity contribution >= 4 is 33.2 Å². The average molecular weight is 410 g/mol. The van der Waals surface area contributed by atoms with Gasteiger partial charge in [-0.1, -0.05) is 105 Å². The molecule has 0 heterocycles. The molecule has 4 heteroatoms. The fourth-order valence-corrected chi connectivity index (χ4v) is 5.95. The molecule has 0 radical (unpaired) electrons.